The Morgan fingerprint density at radius 1 is 1.22 bits per heavy atom. The van der Waals surface area contributed by atoms with Gasteiger partial charge in [0.05, 0.1) is 16.9 Å². The van der Waals surface area contributed by atoms with Gasteiger partial charge in [-0.2, -0.15) is 0 Å². The molecule has 2 heterocycles. The van der Waals surface area contributed by atoms with Gasteiger partial charge in [-0.15, -0.1) is 0 Å². The van der Waals surface area contributed by atoms with Crippen LogP contribution in [0.5, 0.6) is 0 Å². The van der Waals surface area contributed by atoms with Gasteiger partial charge in [0, 0.05) is 47.0 Å². The van der Waals surface area contributed by atoms with Crippen molar-refractivity contribution >= 4 is 33.1 Å². The maximum Gasteiger partial charge on any atom is 0.0724 e. The van der Waals surface area contributed by atoms with Crippen LogP contribution in [0.25, 0.3) is 10.9 Å². The number of anilines is 2. The van der Waals surface area contributed by atoms with Crippen LogP contribution in [-0.4, -0.2) is 33.8 Å². The number of nitrogens with two attached hydrogens (primary N) is 1. The zero-order valence-electron chi connectivity index (χ0n) is 10.0. The van der Waals surface area contributed by atoms with Crippen molar-refractivity contribution in [2.75, 3.05) is 35.2 Å². The molecule has 0 bridgehead atoms. The fraction of sp³-hybridized carbons (Fsp3) is 0.308. The van der Waals surface area contributed by atoms with E-state index in [-0.39, 0.29) is 0 Å². The van der Waals surface area contributed by atoms with Crippen molar-refractivity contribution in [2.24, 2.45) is 0 Å². The minimum atomic E-state index is -0.663. The molecule has 2 N–H and O–H groups in total. The quantitative estimate of drug-likeness (QED) is 0.788. The molecule has 18 heavy (non-hydrogen) atoms. The highest BCUT2D eigenvalue weighted by atomic mass is 32.2. The number of hydrogen-bond donors (Lipinski definition) is 1. The van der Waals surface area contributed by atoms with Gasteiger partial charge < -0.3 is 10.6 Å². The van der Waals surface area contributed by atoms with Crippen LogP contribution in [0.4, 0.5) is 11.4 Å². The molecule has 3 rings (SSSR count). The number of benzene rings is 1. The lowest BCUT2D eigenvalue weighted by molar-refractivity contribution is 0.673. The van der Waals surface area contributed by atoms with E-state index in [0.29, 0.717) is 0 Å². The SMILES string of the molecule is Nc1c(N2CCS(=O)CC2)ccc2ncccc12. The smallest absolute Gasteiger partial charge is 0.0724 e. The Morgan fingerprint density at radius 3 is 2.78 bits per heavy atom. The topological polar surface area (TPSA) is 59.2 Å². The van der Waals surface area contributed by atoms with Crippen LogP contribution < -0.4 is 10.6 Å². The first kappa shape index (κ1) is 11.5. The maximum atomic E-state index is 11.4. The van der Waals surface area contributed by atoms with E-state index < -0.39 is 10.8 Å². The van der Waals surface area contributed by atoms with Gasteiger partial charge in [-0.25, -0.2) is 0 Å². The van der Waals surface area contributed by atoms with Crippen molar-refractivity contribution in [1.29, 1.82) is 0 Å². The molecule has 1 aromatic carbocycles. The summed E-state index contributed by atoms with van der Waals surface area (Å²) in [7, 11) is -0.663. The summed E-state index contributed by atoms with van der Waals surface area (Å²) in [6.45, 7) is 1.62. The minimum Gasteiger partial charge on any atom is -0.396 e. The summed E-state index contributed by atoms with van der Waals surface area (Å²) in [5.74, 6) is 1.45. The molecule has 1 aliphatic heterocycles. The molecule has 2 aromatic rings. The highest BCUT2D eigenvalue weighted by Gasteiger charge is 2.18. The van der Waals surface area contributed by atoms with E-state index in [4.69, 9.17) is 5.73 Å². The first-order valence-corrected chi connectivity index (χ1v) is 7.47. The van der Waals surface area contributed by atoms with E-state index in [2.05, 4.69) is 9.88 Å². The minimum absolute atomic E-state index is 0.663. The van der Waals surface area contributed by atoms with E-state index in [9.17, 15) is 4.21 Å². The molecule has 0 amide bonds. The third kappa shape index (κ3) is 1.95. The maximum absolute atomic E-state index is 11.4. The summed E-state index contributed by atoms with van der Waals surface area (Å²) in [4.78, 5) is 6.50. The molecule has 0 aliphatic carbocycles. The Morgan fingerprint density at radius 2 is 2.00 bits per heavy atom. The molecule has 0 spiro atoms. The van der Waals surface area contributed by atoms with Gasteiger partial charge in [0.15, 0.2) is 0 Å². The number of hydrogen-bond acceptors (Lipinski definition) is 4. The molecule has 5 heteroatoms. The van der Waals surface area contributed by atoms with Gasteiger partial charge >= 0.3 is 0 Å². The Kier molecular flexibility index (Phi) is 2.91. The second kappa shape index (κ2) is 4.57. The summed E-state index contributed by atoms with van der Waals surface area (Å²) >= 11 is 0. The summed E-state index contributed by atoms with van der Waals surface area (Å²) in [6.07, 6.45) is 1.77. The summed E-state index contributed by atoms with van der Waals surface area (Å²) in [5.41, 5.74) is 8.95. The standard InChI is InChI=1S/C13H15N3OS/c14-13-10-2-1-5-15-11(10)3-4-12(13)16-6-8-18(17)9-7-16/h1-5H,6-9,14H2. The fourth-order valence-corrected chi connectivity index (χ4v) is 3.37. The highest BCUT2D eigenvalue weighted by molar-refractivity contribution is 7.85. The van der Waals surface area contributed by atoms with Crippen molar-refractivity contribution < 1.29 is 4.21 Å². The van der Waals surface area contributed by atoms with E-state index in [1.54, 1.807) is 6.20 Å². The molecule has 1 fully saturated rings. The van der Waals surface area contributed by atoms with Crippen LogP contribution in [0, 0.1) is 0 Å². The molecule has 0 atom stereocenters. The van der Waals surface area contributed by atoms with E-state index >= 15 is 0 Å². The fourth-order valence-electron chi connectivity index (χ4n) is 2.32. The number of nitrogen functional groups attached to an aromatic ring is 1. The van der Waals surface area contributed by atoms with Gasteiger partial charge in [0.2, 0.25) is 0 Å². The highest BCUT2D eigenvalue weighted by Crippen LogP contribution is 2.30. The van der Waals surface area contributed by atoms with Gasteiger partial charge in [0.25, 0.3) is 0 Å². The molecule has 1 saturated heterocycles. The van der Waals surface area contributed by atoms with Crippen molar-refractivity contribution in [2.45, 2.75) is 0 Å². The Hall–Kier alpha value is -1.62. The van der Waals surface area contributed by atoms with Crippen LogP contribution in [-0.2, 0) is 10.8 Å². The Labute approximate surface area is 108 Å². The first-order valence-electron chi connectivity index (χ1n) is 5.99. The van der Waals surface area contributed by atoms with Gasteiger partial charge in [-0.05, 0) is 24.3 Å². The number of nitrogens with zero attached hydrogens (tertiary/aromatic N) is 2. The third-order valence-electron chi connectivity index (χ3n) is 3.32. The van der Waals surface area contributed by atoms with Crippen LogP contribution in [0.15, 0.2) is 30.5 Å². The second-order valence-corrected chi connectivity index (χ2v) is 6.10. The monoisotopic (exact) mass is 261 g/mol. The summed E-state index contributed by atoms with van der Waals surface area (Å²) in [6, 6.07) is 7.89. The predicted molar refractivity (Wildman–Crippen MR) is 76.2 cm³/mol. The molecule has 0 unspecified atom stereocenters. The van der Waals surface area contributed by atoms with Gasteiger partial charge in [-0.1, -0.05) is 0 Å². The number of aromatic nitrogens is 1. The lowest BCUT2D eigenvalue weighted by Crippen LogP contribution is -2.38. The van der Waals surface area contributed by atoms with E-state index in [1.165, 1.54) is 0 Å². The number of pyridine rings is 1. The Bertz CT molecular complexity index is 604. The average molecular weight is 261 g/mol. The molecular weight excluding hydrogens is 246 g/mol. The summed E-state index contributed by atoms with van der Waals surface area (Å²) < 4.78 is 11.4. The molecule has 4 nitrogen and oxygen atoms in total. The normalized spacial score (nSPS) is 17.2. The van der Waals surface area contributed by atoms with Crippen LogP contribution in [0.1, 0.15) is 0 Å². The molecular formula is C13H15N3OS. The second-order valence-electron chi connectivity index (χ2n) is 4.40. The van der Waals surface area contributed by atoms with Crippen LogP contribution in [0.3, 0.4) is 0 Å². The van der Waals surface area contributed by atoms with Crippen LogP contribution in [0.2, 0.25) is 0 Å². The van der Waals surface area contributed by atoms with Gasteiger partial charge in [0.1, 0.15) is 0 Å². The third-order valence-corrected chi connectivity index (χ3v) is 4.60. The lowest BCUT2D eigenvalue weighted by atomic mass is 10.1. The van der Waals surface area contributed by atoms with E-state index in [1.807, 2.05) is 24.3 Å². The first-order chi connectivity index (χ1) is 8.75. The number of fused-ring (bicyclic) bond motifs is 1. The Balaban J connectivity index is 2.02. The summed E-state index contributed by atoms with van der Waals surface area (Å²) in [5, 5.41) is 0.988. The zero-order chi connectivity index (χ0) is 12.5. The zero-order valence-corrected chi connectivity index (χ0v) is 10.8. The molecule has 94 valence electrons. The predicted octanol–water partition coefficient (Wildman–Crippen LogP) is 1.39. The van der Waals surface area contributed by atoms with Crippen molar-refractivity contribution in [3.05, 3.63) is 30.5 Å². The lowest BCUT2D eigenvalue weighted by Gasteiger charge is -2.29. The molecule has 0 saturated carbocycles. The van der Waals surface area contributed by atoms with Crippen molar-refractivity contribution in [1.82, 2.24) is 4.98 Å². The molecule has 1 aliphatic rings. The number of rotatable bonds is 1. The molecule has 0 radical (unpaired) electrons. The van der Waals surface area contributed by atoms with Crippen molar-refractivity contribution in [3.63, 3.8) is 0 Å². The largest absolute Gasteiger partial charge is 0.396 e. The van der Waals surface area contributed by atoms with Crippen LogP contribution >= 0.6 is 0 Å². The van der Waals surface area contributed by atoms with Crippen molar-refractivity contribution in [3.8, 4) is 0 Å². The average Bonchev–Trinajstić information content (AvgIpc) is 2.41. The van der Waals surface area contributed by atoms with Gasteiger partial charge in [-0.3, -0.25) is 9.19 Å². The van der Waals surface area contributed by atoms with E-state index in [0.717, 1.165) is 46.9 Å². The molecule has 1 aromatic heterocycles.